The number of thioether (sulfide) groups is 1. The SMILES string of the molecule is CN1C(=N)N[C@](C)(C2=CC(c3cncc(O)c3)CS2)CC1=O. The van der Waals surface area contributed by atoms with Crippen molar-refractivity contribution < 1.29 is 9.90 Å². The van der Waals surface area contributed by atoms with Crippen molar-refractivity contribution in [1.29, 1.82) is 5.41 Å². The van der Waals surface area contributed by atoms with E-state index in [0.717, 1.165) is 16.2 Å². The van der Waals surface area contributed by atoms with Crippen LogP contribution in [0.1, 0.15) is 24.8 Å². The highest BCUT2D eigenvalue weighted by Crippen LogP contribution is 2.43. The van der Waals surface area contributed by atoms with Crippen LogP contribution >= 0.6 is 11.8 Å². The summed E-state index contributed by atoms with van der Waals surface area (Å²) in [6.45, 7) is 1.95. The van der Waals surface area contributed by atoms with Gasteiger partial charge in [0.15, 0.2) is 5.96 Å². The van der Waals surface area contributed by atoms with E-state index >= 15 is 0 Å². The third-order valence-corrected chi connectivity index (χ3v) is 5.52. The zero-order chi connectivity index (χ0) is 15.9. The molecular formula is C15H18N4O2S. The highest BCUT2D eigenvalue weighted by Gasteiger charge is 2.41. The number of aromatic nitrogens is 1. The molecule has 3 N–H and O–H groups in total. The molecule has 3 rings (SSSR count). The van der Waals surface area contributed by atoms with Gasteiger partial charge >= 0.3 is 0 Å². The normalized spacial score (nSPS) is 28.5. The molecule has 3 heterocycles. The van der Waals surface area contributed by atoms with Crippen molar-refractivity contribution in [3.63, 3.8) is 0 Å². The van der Waals surface area contributed by atoms with Crippen LogP contribution in [0.5, 0.6) is 5.75 Å². The van der Waals surface area contributed by atoms with Crippen LogP contribution < -0.4 is 5.32 Å². The molecule has 22 heavy (non-hydrogen) atoms. The Balaban J connectivity index is 1.85. The Morgan fingerprint density at radius 1 is 1.55 bits per heavy atom. The molecule has 0 aliphatic carbocycles. The molecule has 6 nitrogen and oxygen atoms in total. The van der Waals surface area contributed by atoms with Crippen LogP contribution in [0.2, 0.25) is 0 Å². The Kier molecular flexibility index (Phi) is 3.60. The maximum Gasteiger partial charge on any atom is 0.231 e. The zero-order valence-electron chi connectivity index (χ0n) is 12.5. The molecule has 1 saturated heterocycles. The quantitative estimate of drug-likeness (QED) is 0.771. The summed E-state index contributed by atoms with van der Waals surface area (Å²) in [4.78, 5) is 18.5. The highest BCUT2D eigenvalue weighted by atomic mass is 32.2. The van der Waals surface area contributed by atoms with E-state index in [1.807, 2.05) is 6.92 Å². The number of pyridine rings is 1. The molecule has 0 radical (unpaired) electrons. The second-order valence-corrected chi connectivity index (χ2v) is 6.92. The number of carbonyl (C=O) groups is 1. The van der Waals surface area contributed by atoms with Gasteiger partial charge in [0.2, 0.25) is 5.91 Å². The molecule has 0 saturated carbocycles. The van der Waals surface area contributed by atoms with Gasteiger partial charge in [-0.1, -0.05) is 6.08 Å². The number of carbonyl (C=O) groups excluding carboxylic acids is 1. The molecule has 116 valence electrons. The van der Waals surface area contributed by atoms with Crippen LogP contribution in [0.25, 0.3) is 0 Å². The summed E-state index contributed by atoms with van der Waals surface area (Å²) in [5, 5.41) is 20.6. The first-order chi connectivity index (χ1) is 10.4. The standard InChI is InChI=1S/C15H18N4O2S/c1-15(5-13(21)19(2)14(16)18-15)12-4-10(8-22-12)9-3-11(20)7-17-6-9/h3-4,6-7,10,20H,5,8H2,1-2H3,(H2,16,18)/t10?,15-/m0/s1. The minimum absolute atomic E-state index is 0.0600. The average Bonchev–Trinajstić information content (AvgIpc) is 2.95. The molecule has 1 fully saturated rings. The lowest BCUT2D eigenvalue weighted by Crippen LogP contribution is -2.60. The fraction of sp³-hybridized carbons (Fsp3) is 0.400. The van der Waals surface area contributed by atoms with Gasteiger partial charge in [0, 0.05) is 29.8 Å². The zero-order valence-corrected chi connectivity index (χ0v) is 13.3. The Hall–Kier alpha value is -2.02. The van der Waals surface area contributed by atoms with Gasteiger partial charge in [-0.25, -0.2) is 0 Å². The van der Waals surface area contributed by atoms with E-state index in [0.29, 0.717) is 6.42 Å². The van der Waals surface area contributed by atoms with Gasteiger partial charge in [0.25, 0.3) is 0 Å². The van der Waals surface area contributed by atoms with Crippen LogP contribution in [-0.4, -0.2) is 45.2 Å². The number of allylic oxidation sites excluding steroid dienone is 1. The number of nitrogens with zero attached hydrogens (tertiary/aromatic N) is 2. The molecule has 1 unspecified atom stereocenters. The van der Waals surface area contributed by atoms with Crippen LogP contribution in [0, 0.1) is 5.41 Å². The van der Waals surface area contributed by atoms with Crippen LogP contribution in [0.3, 0.4) is 0 Å². The Labute approximate surface area is 133 Å². The van der Waals surface area contributed by atoms with Gasteiger partial charge in [0.05, 0.1) is 18.2 Å². The smallest absolute Gasteiger partial charge is 0.231 e. The lowest BCUT2D eigenvalue weighted by Gasteiger charge is -2.39. The largest absolute Gasteiger partial charge is 0.506 e. The van der Waals surface area contributed by atoms with Crippen molar-refractivity contribution in [3.05, 3.63) is 35.0 Å². The first kappa shape index (κ1) is 14.9. The Bertz CT molecular complexity index is 655. The summed E-state index contributed by atoms with van der Waals surface area (Å²) in [5.74, 6) is 1.22. The summed E-state index contributed by atoms with van der Waals surface area (Å²) in [5.41, 5.74) is 0.421. The van der Waals surface area contributed by atoms with Crippen molar-refractivity contribution in [3.8, 4) is 5.75 Å². The van der Waals surface area contributed by atoms with Gasteiger partial charge in [-0.3, -0.25) is 20.1 Å². The fourth-order valence-corrected chi connectivity index (χ4v) is 4.08. The van der Waals surface area contributed by atoms with Crippen molar-refractivity contribution in [1.82, 2.24) is 15.2 Å². The third-order valence-electron chi connectivity index (χ3n) is 4.10. The summed E-state index contributed by atoms with van der Waals surface area (Å²) in [6, 6.07) is 1.72. The van der Waals surface area contributed by atoms with Gasteiger partial charge in [-0.15, -0.1) is 11.8 Å². The Morgan fingerprint density at radius 2 is 2.32 bits per heavy atom. The molecule has 1 aromatic rings. The second-order valence-electron chi connectivity index (χ2n) is 5.86. The molecule has 7 heteroatoms. The van der Waals surface area contributed by atoms with Crippen molar-refractivity contribution in [2.45, 2.75) is 24.8 Å². The third kappa shape index (κ3) is 2.56. The van der Waals surface area contributed by atoms with E-state index in [-0.39, 0.29) is 23.5 Å². The van der Waals surface area contributed by atoms with Gasteiger partial charge < -0.3 is 10.4 Å². The van der Waals surface area contributed by atoms with Gasteiger partial charge in [0.1, 0.15) is 5.75 Å². The van der Waals surface area contributed by atoms with E-state index in [2.05, 4.69) is 16.4 Å². The minimum atomic E-state index is -0.537. The maximum atomic E-state index is 12.0. The van der Waals surface area contributed by atoms with E-state index in [9.17, 15) is 9.90 Å². The second kappa shape index (κ2) is 5.31. The summed E-state index contributed by atoms with van der Waals surface area (Å²) in [6.07, 6.45) is 5.60. The molecule has 1 aromatic heterocycles. The van der Waals surface area contributed by atoms with E-state index in [4.69, 9.17) is 5.41 Å². The number of guanidine groups is 1. The molecule has 2 aliphatic rings. The summed E-state index contributed by atoms with van der Waals surface area (Å²) >= 11 is 1.68. The number of amides is 1. The highest BCUT2D eigenvalue weighted by molar-refractivity contribution is 8.03. The van der Waals surface area contributed by atoms with Crippen molar-refractivity contribution in [2.24, 2.45) is 0 Å². The predicted molar refractivity (Wildman–Crippen MR) is 85.8 cm³/mol. The number of hydrogen-bond acceptors (Lipinski definition) is 5. The molecule has 0 spiro atoms. The first-order valence-electron chi connectivity index (χ1n) is 7.01. The summed E-state index contributed by atoms with van der Waals surface area (Å²) < 4.78 is 0. The van der Waals surface area contributed by atoms with E-state index in [1.54, 1.807) is 31.1 Å². The maximum absolute atomic E-state index is 12.0. The molecule has 0 bridgehead atoms. The monoisotopic (exact) mass is 318 g/mol. The molecule has 0 aromatic carbocycles. The Morgan fingerprint density at radius 3 is 3.00 bits per heavy atom. The van der Waals surface area contributed by atoms with Crippen LogP contribution in [0.4, 0.5) is 0 Å². The minimum Gasteiger partial charge on any atom is -0.506 e. The van der Waals surface area contributed by atoms with Crippen molar-refractivity contribution in [2.75, 3.05) is 12.8 Å². The topological polar surface area (TPSA) is 89.3 Å². The van der Waals surface area contributed by atoms with Gasteiger partial charge in [-0.2, -0.15) is 0 Å². The number of nitrogens with one attached hydrogen (secondary N) is 2. The fourth-order valence-electron chi connectivity index (χ4n) is 2.73. The lowest BCUT2D eigenvalue weighted by molar-refractivity contribution is -0.128. The average molecular weight is 318 g/mol. The summed E-state index contributed by atoms with van der Waals surface area (Å²) in [7, 11) is 1.61. The molecular weight excluding hydrogens is 300 g/mol. The number of rotatable bonds is 2. The molecule has 2 atom stereocenters. The van der Waals surface area contributed by atoms with Crippen molar-refractivity contribution >= 4 is 23.6 Å². The van der Waals surface area contributed by atoms with Crippen LogP contribution in [-0.2, 0) is 4.79 Å². The van der Waals surface area contributed by atoms with E-state index < -0.39 is 5.54 Å². The lowest BCUT2D eigenvalue weighted by atomic mass is 9.91. The number of aromatic hydroxyl groups is 1. The predicted octanol–water partition coefficient (Wildman–Crippen LogP) is 1.65. The molecule has 2 aliphatic heterocycles. The van der Waals surface area contributed by atoms with E-state index in [1.165, 1.54) is 11.1 Å². The first-order valence-corrected chi connectivity index (χ1v) is 8.00. The van der Waals surface area contributed by atoms with Crippen LogP contribution in [0.15, 0.2) is 29.4 Å². The van der Waals surface area contributed by atoms with Gasteiger partial charge in [-0.05, 0) is 18.6 Å². The molecule has 1 amide bonds. The number of hydrogen-bond donors (Lipinski definition) is 3.